The van der Waals surface area contributed by atoms with Crippen molar-refractivity contribution in [3.05, 3.63) is 45.8 Å². The predicted molar refractivity (Wildman–Crippen MR) is 135 cm³/mol. The van der Waals surface area contributed by atoms with Crippen LogP contribution in [0.2, 0.25) is 5.02 Å². The second kappa shape index (κ2) is 10.7. The van der Waals surface area contributed by atoms with Crippen LogP contribution in [0.3, 0.4) is 0 Å². The van der Waals surface area contributed by atoms with Gasteiger partial charge in [0.1, 0.15) is 16.7 Å². The number of piperidine rings is 2. The summed E-state index contributed by atoms with van der Waals surface area (Å²) < 4.78 is 7.41. The minimum Gasteiger partial charge on any atom is -0.372 e. The summed E-state index contributed by atoms with van der Waals surface area (Å²) in [5.74, 6) is 1.39. The molecule has 0 saturated carbocycles. The van der Waals surface area contributed by atoms with Crippen LogP contribution in [0.15, 0.2) is 35.2 Å². The van der Waals surface area contributed by atoms with E-state index in [0.717, 1.165) is 59.9 Å². The molecule has 1 N–H and O–H groups in total. The number of nitrogens with zero attached hydrogens (tertiary/aromatic N) is 5. The number of halogens is 2. The van der Waals surface area contributed by atoms with E-state index < -0.39 is 0 Å². The van der Waals surface area contributed by atoms with Crippen LogP contribution in [0.25, 0.3) is 11.0 Å². The maximum Gasteiger partial charge on any atom is 0.187 e. The first-order chi connectivity index (χ1) is 16.2. The Labute approximate surface area is 208 Å². The van der Waals surface area contributed by atoms with E-state index in [9.17, 15) is 0 Å². The lowest BCUT2D eigenvalue weighted by Crippen LogP contribution is -2.37. The molecule has 0 spiro atoms. The van der Waals surface area contributed by atoms with E-state index in [4.69, 9.17) is 16.3 Å². The van der Waals surface area contributed by atoms with E-state index in [0.29, 0.717) is 11.6 Å². The molecule has 176 valence electrons. The van der Waals surface area contributed by atoms with Gasteiger partial charge in [-0.1, -0.05) is 30.2 Å². The summed E-state index contributed by atoms with van der Waals surface area (Å²) in [5, 5.41) is 8.92. The topological polar surface area (TPSA) is 70.2 Å². The van der Waals surface area contributed by atoms with Gasteiger partial charge in [-0.15, -0.1) is 0 Å². The molecule has 9 heteroatoms. The number of rotatable bonds is 7. The van der Waals surface area contributed by atoms with Gasteiger partial charge in [-0.3, -0.25) is 5.10 Å². The van der Waals surface area contributed by atoms with Gasteiger partial charge in [0.25, 0.3) is 0 Å². The van der Waals surface area contributed by atoms with Gasteiger partial charge in [-0.25, -0.2) is 9.97 Å². The second-order valence-corrected chi connectivity index (χ2v) is 10.2. The quantitative estimate of drug-likeness (QED) is 0.448. The highest BCUT2D eigenvalue weighted by Crippen LogP contribution is 2.37. The standard InChI is InChI=1S/C24H30BrClN6O/c25-22-20-23(30-29-22)27-16-28-24(20)32-12-8-18(9-13-32)21(17-4-6-19(26)7-5-17)33-15-14-31-10-2-1-3-11-31/h4-7,16,18,21H,1-3,8-15H2,(H,27,28,29,30). The second-order valence-electron chi connectivity index (χ2n) is 9.00. The van der Waals surface area contributed by atoms with Gasteiger partial charge in [0.15, 0.2) is 5.65 Å². The molecule has 7 nitrogen and oxygen atoms in total. The fourth-order valence-electron chi connectivity index (χ4n) is 5.11. The molecule has 1 unspecified atom stereocenters. The number of nitrogens with one attached hydrogen (secondary N) is 1. The van der Waals surface area contributed by atoms with Crippen molar-refractivity contribution in [1.82, 2.24) is 25.1 Å². The van der Waals surface area contributed by atoms with Gasteiger partial charge in [-0.2, -0.15) is 5.10 Å². The molecular formula is C24H30BrClN6O. The van der Waals surface area contributed by atoms with Gasteiger partial charge in [0.05, 0.1) is 18.1 Å². The van der Waals surface area contributed by atoms with Crippen LogP contribution in [0.1, 0.15) is 43.8 Å². The molecule has 1 aromatic carbocycles. The molecule has 0 bridgehead atoms. The normalized spacial score (nSPS) is 19.3. The van der Waals surface area contributed by atoms with Gasteiger partial charge in [0.2, 0.25) is 0 Å². The lowest BCUT2D eigenvalue weighted by Gasteiger charge is -2.37. The first-order valence-corrected chi connectivity index (χ1v) is 13.0. The largest absolute Gasteiger partial charge is 0.372 e. The Morgan fingerprint density at radius 1 is 1.06 bits per heavy atom. The fraction of sp³-hybridized carbons (Fsp3) is 0.542. The molecule has 2 saturated heterocycles. The third kappa shape index (κ3) is 5.34. The molecule has 0 radical (unpaired) electrons. The summed E-state index contributed by atoms with van der Waals surface area (Å²) in [6.07, 6.45) is 7.73. The van der Waals surface area contributed by atoms with E-state index in [1.165, 1.54) is 37.9 Å². The molecule has 0 amide bonds. The van der Waals surface area contributed by atoms with Crippen LogP contribution < -0.4 is 4.90 Å². The third-order valence-corrected chi connectivity index (χ3v) is 7.73. The molecule has 2 aliphatic heterocycles. The third-order valence-electron chi connectivity index (χ3n) is 6.91. The van der Waals surface area contributed by atoms with Crippen molar-refractivity contribution < 1.29 is 4.74 Å². The molecule has 2 aliphatic rings. The van der Waals surface area contributed by atoms with E-state index in [1.807, 2.05) is 12.1 Å². The summed E-state index contributed by atoms with van der Waals surface area (Å²) in [6, 6.07) is 8.19. The monoisotopic (exact) mass is 532 g/mol. The summed E-state index contributed by atoms with van der Waals surface area (Å²) in [4.78, 5) is 13.7. The number of hydrogen-bond acceptors (Lipinski definition) is 6. The number of aromatic nitrogens is 4. The van der Waals surface area contributed by atoms with Crippen molar-refractivity contribution in [2.75, 3.05) is 44.2 Å². The van der Waals surface area contributed by atoms with Crippen LogP contribution in [0, 0.1) is 5.92 Å². The molecule has 1 atom stereocenters. The number of anilines is 1. The highest BCUT2D eigenvalue weighted by molar-refractivity contribution is 9.10. The zero-order valence-corrected chi connectivity index (χ0v) is 21.1. The zero-order chi connectivity index (χ0) is 22.6. The van der Waals surface area contributed by atoms with Gasteiger partial charge in [-0.05, 0) is 78.3 Å². The molecule has 0 aliphatic carbocycles. The van der Waals surface area contributed by atoms with Crippen LogP contribution in [-0.4, -0.2) is 64.4 Å². The first kappa shape index (κ1) is 23.0. The zero-order valence-electron chi connectivity index (χ0n) is 18.7. The molecular weight excluding hydrogens is 504 g/mol. The van der Waals surface area contributed by atoms with Gasteiger partial charge in [0, 0.05) is 24.7 Å². The van der Waals surface area contributed by atoms with E-state index in [-0.39, 0.29) is 6.10 Å². The van der Waals surface area contributed by atoms with Crippen LogP contribution in [0.4, 0.5) is 5.82 Å². The Hall–Kier alpha value is -1.74. The number of H-pyrrole nitrogens is 1. The number of hydrogen-bond donors (Lipinski definition) is 1. The molecule has 2 fully saturated rings. The highest BCUT2D eigenvalue weighted by atomic mass is 79.9. The van der Waals surface area contributed by atoms with Gasteiger partial charge < -0.3 is 14.5 Å². The maximum atomic E-state index is 6.58. The molecule has 5 rings (SSSR count). The van der Waals surface area contributed by atoms with Gasteiger partial charge >= 0.3 is 0 Å². The Bertz CT molecular complexity index is 1050. The van der Waals surface area contributed by atoms with Crippen LogP contribution >= 0.6 is 27.5 Å². The van der Waals surface area contributed by atoms with E-state index in [2.05, 4.69) is 58.0 Å². The van der Waals surface area contributed by atoms with Crippen LogP contribution in [-0.2, 0) is 4.74 Å². The van der Waals surface area contributed by atoms with Crippen molar-refractivity contribution in [2.24, 2.45) is 5.92 Å². The first-order valence-electron chi connectivity index (χ1n) is 11.9. The van der Waals surface area contributed by atoms with Crippen molar-refractivity contribution in [2.45, 2.75) is 38.2 Å². The van der Waals surface area contributed by atoms with E-state index in [1.54, 1.807) is 6.33 Å². The minimum atomic E-state index is 0.0836. The molecule has 4 heterocycles. The van der Waals surface area contributed by atoms with Crippen molar-refractivity contribution in [1.29, 1.82) is 0 Å². The Morgan fingerprint density at radius 3 is 2.58 bits per heavy atom. The fourth-order valence-corrected chi connectivity index (χ4v) is 5.68. The number of ether oxygens (including phenoxy) is 1. The van der Waals surface area contributed by atoms with E-state index >= 15 is 0 Å². The lowest BCUT2D eigenvalue weighted by molar-refractivity contribution is -0.00879. The number of likely N-dealkylation sites (tertiary alicyclic amines) is 1. The molecule has 3 aromatic rings. The molecule has 2 aromatic heterocycles. The summed E-state index contributed by atoms with van der Waals surface area (Å²) >= 11 is 9.73. The minimum absolute atomic E-state index is 0.0836. The predicted octanol–water partition coefficient (Wildman–Crippen LogP) is 5.23. The van der Waals surface area contributed by atoms with Crippen molar-refractivity contribution >= 4 is 44.4 Å². The summed E-state index contributed by atoms with van der Waals surface area (Å²) in [5.41, 5.74) is 1.91. The molecule has 33 heavy (non-hydrogen) atoms. The number of fused-ring (bicyclic) bond motifs is 1. The Balaban J connectivity index is 1.27. The SMILES string of the molecule is Clc1ccc(C(OCCN2CCCCC2)C2CCN(c3ncnc4n[nH]c(Br)c34)CC2)cc1. The van der Waals surface area contributed by atoms with Crippen molar-refractivity contribution in [3.63, 3.8) is 0 Å². The summed E-state index contributed by atoms with van der Waals surface area (Å²) in [6.45, 7) is 6.02. The lowest BCUT2D eigenvalue weighted by atomic mass is 9.87. The van der Waals surface area contributed by atoms with Crippen LogP contribution in [0.5, 0.6) is 0 Å². The van der Waals surface area contributed by atoms with Crippen molar-refractivity contribution in [3.8, 4) is 0 Å². The summed E-state index contributed by atoms with van der Waals surface area (Å²) in [7, 11) is 0. The highest BCUT2D eigenvalue weighted by Gasteiger charge is 2.30. The Kier molecular flexibility index (Phi) is 7.45. The maximum absolute atomic E-state index is 6.58. The smallest absolute Gasteiger partial charge is 0.187 e. The average molecular weight is 534 g/mol. The number of aromatic amines is 1. The Morgan fingerprint density at radius 2 is 1.82 bits per heavy atom. The number of benzene rings is 1. The average Bonchev–Trinajstić information content (AvgIpc) is 3.24.